The summed E-state index contributed by atoms with van der Waals surface area (Å²) in [7, 11) is 0. The first-order valence-electron chi connectivity index (χ1n) is 4.78. The quantitative estimate of drug-likeness (QED) is 0.701. The summed E-state index contributed by atoms with van der Waals surface area (Å²) >= 11 is 0. The molecule has 0 saturated heterocycles. The summed E-state index contributed by atoms with van der Waals surface area (Å²) < 4.78 is 5.23. The zero-order chi connectivity index (χ0) is 10.8. The van der Waals surface area contributed by atoms with Crippen molar-refractivity contribution in [1.29, 1.82) is 0 Å². The number of nitrogens with zero attached hydrogens (tertiary/aromatic N) is 1. The van der Waals surface area contributed by atoms with Crippen LogP contribution in [-0.2, 0) is 4.74 Å². The number of halogens is 1. The van der Waals surface area contributed by atoms with Crippen molar-refractivity contribution in [1.82, 2.24) is 4.90 Å². The summed E-state index contributed by atoms with van der Waals surface area (Å²) in [5.41, 5.74) is 6.14. The van der Waals surface area contributed by atoms with Crippen LogP contribution in [0.1, 0.15) is 20.8 Å². The number of amides is 1. The highest BCUT2D eigenvalue weighted by Gasteiger charge is 2.24. The first-order valence-corrected chi connectivity index (χ1v) is 4.78. The Balaban J connectivity index is 0.00000196. The van der Waals surface area contributed by atoms with Crippen molar-refractivity contribution < 1.29 is 9.53 Å². The van der Waals surface area contributed by atoms with E-state index in [0.29, 0.717) is 19.6 Å². The second-order valence-corrected chi connectivity index (χ2v) is 4.43. The van der Waals surface area contributed by atoms with E-state index in [1.165, 1.54) is 0 Å². The molecule has 0 aromatic heterocycles. The summed E-state index contributed by atoms with van der Waals surface area (Å²) in [5, 5.41) is 0. The third-order valence-electron chi connectivity index (χ3n) is 1.91. The van der Waals surface area contributed by atoms with Gasteiger partial charge >= 0.3 is 6.09 Å². The molecule has 2 N–H and O–H groups in total. The number of rotatable bonds is 1. The lowest BCUT2D eigenvalue weighted by atomic mass is 10.2. The molecular weight excluding hydrogens is 216 g/mol. The van der Waals surface area contributed by atoms with E-state index in [-0.39, 0.29) is 18.5 Å². The van der Waals surface area contributed by atoms with Gasteiger partial charge in [0.15, 0.2) is 0 Å². The van der Waals surface area contributed by atoms with E-state index in [0.717, 1.165) is 5.57 Å². The van der Waals surface area contributed by atoms with Crippen molar-refractivity contribution in [2.45, 2.75) is 26.4 Å². The monoisotopic (exact) mass is 234 g/mol. The van der Waals surface area contributed by atoms with Gasteiger partial charge in [-0.1, -0.05) is 6.08 Å². The fourth-order valence-corrected chi connectivity index (χ4v) is 1.23. The molecule has 0 bridgehead atoms. The Kier molecular flexibility index (Phi) is 5.11. The molecule has 0 atom stereocenters. The van der Waals surface area contributed by atoms with Crippen LogP contribution >= 0.6 is 12.4 Å². The molecule has 0 aliphatic carbocycles. The zero-order valence-corrected chi connectivity index (χ0v) is 10.3. The van der Waals surface area contributed by atoms with Gasteiger partial charge in [-0.2, -0.15) is 0 Å². The molecule has 0 unspecified atom stereocenters. The minimum atomic E-state index is -0.428. The van der Waals surface area contributed by atoms with E-state index in [9.17, 15) is 4.79 Å². The molecule has 0 aromatic rings. The Morgan fingerprint density at radius 2 is 2.20 bits per heavy atom. The summed E-state index contributed by atoms with van der Waals surface area (Å²) in [6, 6.07) is 0. The van der Waals surface area contributed by atoms with Crippen LogP contribution in [0.5, 0.6) is 0 Å². The van der Waals surface area contributed by atoms with Gasteiger partial charge in [0.05, 0.1) is 0 Å². The molecule has 88 valence electrons. The zero-order valence-electron chi connectivity index (χ0n) is 9.45. The molecule has 5 heteroatoms. The Bertz CT molecular complexity index is 259. The van der Waals surface area contributed by atoms with Crippen molar-refractivity contribution in [3.63, 3.8) is 0 Å². The molecule has 1 amide bonds. The topological polar surface area (TPSA) is 55.6 Å². The molecule has 1 heterocycles. The predicted octanol–water partition coefficient (Wildman–Crippen LogP) is 1.54. The molecule has 0 spiro atoms. The van der Waals surface area contributed by atoms with Gasteiger partial charge in [-0.15, -0.1) is 12.4 Å². The van der Waals surface area contributed by atoms with Gasteiger partial charge in [0.2, 0.25) is 0 Å². The van der Waals surface area contributed by atoms with E-state index in [1.54, 1.807) is 4.90 Å². The Labute approximate surface area is 96.9 Å². The van der Waals surface area contributed by atoms with Crippen molar-refractivity contribution >= 4 is 18.5 Å². The molecule has 15 heavy (non-hydrogen) atoms. The smallest absolute Gasteiger partial charge is 0.410 e. The van der Waals surface area contributed by atoms with Crippen LogP contribution in [0.25, 0.3) is 0 Å². The molecular formula is C10H19ClN2O2. The van der Waals surface area contributed by atoms with Gasteiger partial charge in [0, 0.05) is 19.6 Å². The fourth-order valence-electron chi connectivity index (χ4n) is 1.23. The largest absolute Gasteiger partial charge is 0.444 e. The van der Waals surface area contributed by atoms with Gasteiger partial charge in [-0.3, -0.25) is 0 Å². The molecule has 4 nitrogen and oxygen atoms in total. The highest BCUT2D eigenvalue weighted by atomic mass is 35.5. The Morgan fingerprint density at radius 3 is 2.60 bits per heavy atom. The average Bonchev–Trinajstić information content (AvgIpc) is 2.48. The van der Waals surface area contributed by atoms with Gasteiger partial charge < -0.3 is 15.4 Å². The predicted molar refractivity (Wildman–Crippen MR) is 62.2 cm³/mol. The second kappa shape index (κ2) is 5.37. The second-order valence-electron chi connectivity index (χ2n) is 4.43. The van der Waals surface area contributed by atoms with Crippen molar-refractivity contribution in [2.24, 2.45) is 5.73 Å². The van der Waals surface area contributed by atoms with Crippen LogP contribution in [0.2, 0.25) is 0 Å². The Hall–Kier alpha value is -0.740. The van der Waals surface area contributed by atoms with Gasteiger partial charge in [-0.05, 0) is 26.3 Å². The van der Waals surface area contributed by atoms with Crippen LogP contribution < -0.4 is 5.73 Å². The number of ether oxygens (including phenoxy) is 1. The molecule has 0 fully saturated rings. The number of nitrogens with two attached hydrogens (primary N) is 1. The summed E-state index contributed by atoms with van der Waals surface area (Å²) in [5.74, 6) is 0. The van der Waals surface area contributed by atoms with E-state index in [2.05, 4.69) is 0 Å². The average molecular weight is 235 g/mol. The Morgan fingerprint density at radius 1 is 1.60 bits per heavy atom. The maximum Gasteiger partial charge on any atom is 0.410 e. The van der Waals surface area contributed by atoms with Gasteiger partial charge in [0.25, 0.3) is 0 Å². The van der Waals surface area contributed by atoms with E-state index >= 15 is 0 Å². The van der Waals surface area contributed by atoms with Crippen LogP contribution in [0.15, 0.2) is 11.6 Å². The molecule has 0 radical (unpaired) electrons. The van der Waals surface area contributed by atoms with Crippen LogP contribution in [0.4, 0.5) is 4.79 Å². The van der Waals surface area contributed by atoms with Crippen molar-refractivity contribution in [2.75, 3.05) is 19.6 Å². The lowest BCUT2D eigenvalue weighted by Crippen LogP contribution is -2.35. The number of hydrogen-bond acceptors (Lipinski definition) is 3. The highest BCUT2D eigenvalue weighted by Crippen LogP contribution is 2.14. The van der Waals surface area contributed by atoms with E-state index in [1.807, 2.05) is 26.8 Å². The number of carbonyl (C=O) groups excluding carboxylic acids is 1. The third-order valence-corrected chi connectivity index (χ3v) is 1.91. The summed E-state index contributed by atoms with van der Waals surface area (Å²) in [6.45, 7) is 7.31. The number of carbonyl (C=O) groups is 1. The van der Waals surface area contributed by atoms with Crippen LogP contribution in [-0.4, -0.2) is 36.2 Å². The standard InChI is InChI=1S/C10H18N2O2.ClH/c1-10(2,3)14-9(13)12-5-4-8(6-11)7-12;/h4H,5-7,11H2,1-3H3;1H. The van der Waals surface area contributed by atoms with E-state index in [4.69, 9.17) is 10.5 Å². The maximum atomic E-state index is 11.6. The lowest BCUT2D eigenvalue weighted by Gasteiger charge is -2.24. The summed E-state index contributed by atoms with van der Waals surface area (Å²) in [4.78, 5) is 13.2. The molecule has 1 rings (SSSR count). The minimum Gasteiger partial charge on any atom is -0.444 e. The fraction of sp³-hybridized carbons (Fsp3) is 0.700. The summed E-state index contributed by atoms with van der Waals surface area (Å²) in [6.07, 6.45) is 1.71. The molecule has 0 aromatic carbocycles. The van der Waals surface area contributed by atoms with Crippen LogP contribution in [0, 0.1) is 0 Å². The molecule has 0 saturated carbocycles. The van der Waals surface area contributed by atoms with Gasteiger partial charge in [-0.25, -0.2) is 4.79 Å². The molecule has 1 aliphatic heterocycles. The van der Waals surface area contributed by atoms with Crippen LogP contribution in [0.3, 0.4) is 0 Å². The molecule has 1 aliphatic rings. The van der Waals surface area contributed by atoms with Crippen molar-refractivity contribution in [3.05, 3.63) is 11.6 Å². The minimum absolute atomic E-state index is 0. The van der Waals surface area contributed by atoms with Gasteiger partial charge in [0.1, 0.15) is 5.60 Å². The van der Waals surface area contributed by atoms with Crippen molar-refractivity contribution in [3.8, 4) is 0 Å². The number of hydrogen-bond donors (Lipinski definition) is 1. The normalized spacial score (nSPS) is 15.7. The first-order chi connectivity index (χ1) is 6.42. The SMILES string of the molecule is CC(C)(C)OC(=O)N1CC=C(CN)C1.Cl. The lowest BCUT2D eigenvalue weighted by molar-refractivity contribution is 0.0301. The highest BCUT2D eigenvalue weighted by molar-refractivity contribution is 5.85. The maximum absolute atomic E-state index is 11.6. The first kappa shape index (κ1) is 14.3. The van der Waals surface area contributed by atoms with E-state index < -0.39 is 5.60 Å². The third kappa shape index (κ3) is 4.53.